The summed E-state index contributed by atoms with van der Waals surface area (Å²) in [5, 5.41) is 0. The number of thiophene rings is 1. The summed E-state index contributed by atoms with van der Waals surface area (Å²) < 4.78 is 4.72. The number of aromatic amines is 1. The van der Waals surface area contributed by atoms with Gasteiger partial charge in [-0.3, -0.25) is 4.79 Å². The van der Waals surface area contributed by atoms with E-state index >= 15 is 0 Å². The molecule has 7 heteroatoms. The first kappa shape index (κ1) is 20.1. The first-order valence-corrected chi connectivity index (χ1v) is 10.2. The molecule has 3 aromatic rings. The number of nitrogens with one attached hydrogen (secondary N) is 1. The zero-order chi connectivity index (χ0) is 19.9. The molecule has 0 fully saturated rings. The number of methoxy groups -OCH3 is 1. The van der Waals surface area contributed by atoms with Crippen LogP contribution >= 0.6 is 23.6 Å². The lowest BCUT2D eigenvalue weighted by molar-refractivity contribution is 0.0606. The number of H-pyrrole nitrogens is 1. The lowest BCUT2D eigenvalue weighted by Crippen LogP contribution is -2.11. The van der Waals surface area contributed by atoms with Gasteiger partial charge in [0.15, 0.2) is 0 Å². The summed E-state index contributed by atoms with van der Waals surface area (Å²) in [4.78, 5) is 33.2. The van der Waals surface area contributed by atoms with E-state index in [4.69, 9.17) is 17.0 Å². The molecule has 2 aromatic heterocycles. The molecular formula is C21H20N2O3S2. The third-order valence-corrected chi connectivity index (χ3v) is 5.87. The average molecular weight is 413 g/mol. The van der Waals surface area contributed by atoms with E-state index in [1.807, 2.05) is 36.4 Å². The van der Waals surface area contributed by atoms with Crippen LogP contribution in [0.15, 0.2) is 53.3 Å². The summed E-state index contributed by atoms with van der Waals surface area (Å²) in [7, 11) is 1.37. The van der Waals surface area contributed by atoms with Crippen LogP contribution in [-0.2, 0) is 11.2 Å². The number of ether oxygens (including phenoxy) is 1. The second-order valence-electron chi connectivity index (χ2n) is 6.23. The maximum absolute atomic E-state index is 11.9. The van der Waals surface area contributed by atoms with Crippen LogP contribution in [0.3, 0.4) is 0 Å². The van der Waals surface area contributed by atoms with Crippen molar-refractivity contribution in [3.05, 3.63) is 74.5 Å². The highest BCUT2D eigenvalue weighted by Crippen LogP contribution is 2.21. The molecule has 0 amide bonds. The molecule has 0 bridgehead atoms. The fourth-order valence-corrected chi connectivity index (χ4v) is 4.01. The van der Waals surface area contributed by atoms with Crippen molar-refractivity contribution in [2.24, 2.45) is 0 Å². The normalized spacial score (nSPS) is 10.6. The van der Waals surface area contributed by atoms with Crippen LogP contribution in [0.4, 0.5) is 0 Å². The maximum Gasteiger partial charge on any atom is 0.348 e. The van der Waals surface area contributed by atoms with Crippen molar-refractivity contribution < 1.29 is 9.53 Å². The van der Waals surface area contributed by atoms with Crippen LogP contribution in [0.25, 0.3) is 11.3 Å². The van der Waals surface area contributed by atoms with Gasteiger partial charge in [-0.2, -0.15) is 0 Å². The highest BCUT2D eigenvalue weighted by atomic mass is 32.1. The SMILES string of the molecule is COC(=O)c1ccc(C(=S)CCCCc2nc(-c3ccccc3)cc(=O)[nH]2)s1. The number of hydrogen-bond acceptors (Lipinski definition) is 6. The zero-order valence-electron chi connectivity index (χ0n) is 15.4. The van der Waals surface area contributed by atoms with Gasteiger partial charge in [-0.05, 0) is 31.4 Å². The molecule has 144 valence electrons. The molecule has 0 saturated carbocycles. The number of aromatic nitrogens is 2. The van der Waals surface area contributed by atoms with E-state index < -0.39 is 0 Å². The van der Waals surface area contributed by atoms with Crippen LogP contribution in [-0.4, -0.2) is 27.9 Å². The number of aryl methyl sites for hydroxylation is 1. The van der Waals surface area contributed by atoms with Crippen molar-refractivity contribution in [1.29, 1.82) is 0 Å². The number of nitrogens with zero attached hydrogens (tertiary/aromatic N) is 1. The molecule has 0 saturated heterocycles. The molecule has 0 atom stereocenters. The van der Waals surface area contributed by atoms with E-state index in [1.165, 1.54) is 24.5 Å². The molecule has 1 N–H and O–H groups in total. The first-order valence-electron chi connectivity index (χ1n) is 8.94. The van der Waals surface area contributed by atoms with Crippen molar-refractivity contribution >= 4 is 34.4 Å². The van der Waals surface area contributed by atoms with Crippen LogP contribution in [0.5, 0.6) is 0 Å². The predicted molar refractivity (Wildman–Crippen MR) is 115 cm³/mol. The zero-order valence-corrected chi connectivity index (χ0v) is 17.1. The molecule has 0 aliphatic carbocycles. The number of carbonyl (C=O) groups excluding carboxylic acids is 1. The number of esters is 1. The minimum atomic E-state index is -0.340. The van der Waals surface area contributed by atoms with Gasteiger partial charge in [0.25, 0.3) is 5.56 Å². The minimum Gasteiger partial charge on any atom is -0.465 e. The molecule has 0 aliphatic rings. The van der Waals surface area contributed by atoms with Crippen molar-refractivity contribution in [3.63, 3.8) is 0 Å². The monoisotopic (exact) mass is 412 g/mol. The highest BCUT2D eigenvalue weighted by molar-refractivity contribution is 7.81. The van der Waals surface area contributed by atoms with Gasteiger partial charge in [0.2, 0.25) is 0 Å². The van der Waals surface area contributed by atoms with Crippen LogP contribution in [0.1, 0.15) is 39.6 Å². The van der Waals surface area contributed by atoms with Gasteiger partial charge in [-0.1, -0.05) is 42.5 Å². The van der Waals surface area contributed by atoms with Crippen molar-refractivity contribution in [1.82, 2.24) is 9.97 Å². The van der Waals surface area contributed by atoms with Gasteiger partial charge in [0.05, 0.1) is 12.8 Å². The van der Waals surface area contributed by atoms with Crippen molar-refractivity contribution in [2.45, 2.75) is 25.7 Å². The Labute approximate surface area is 172 Å². The second kappa shape index (κ2) is 9.52. The Morgan fingerprint density at radius 2 is 1.89 bits per heavy atom. The standard InChI is InChI=1S/C21H20N2O3S2/c1-26-21(25)18-12-11-17(28-18)16(27)9-5-6-10-19-22-15(13-20(24)23-19)14-7-3-2-4-8-14/h2-4,7-8,11-13H,5-6,9-10H2,1H3,(H,22,23,24). The summed E-state index contributed by atoms with van der Waals surface area (Å²) in [6.45, 7) is 0. The topological polar surface area (TPSA) is 72.0 Å². The molecule has 0 radical (unpaired) electrons. The lowest BCUT2D eigenvalue weighted by atomic mass is 10.1. The molecule has 5 nitrogen and oxygen atoms in total. The summed E-state index contributed by atoms with van der Waals surface area (Å²) in [5.41, 5.74) is 1.47. The second-order valence-corrected chi connectivity index (χ2v) is 7.81. The fourth-order valence-electron chi connectivity index (χ4n) is 2.78. The number of rotatable bonds is 8. The Kier molecular flexibility index (Phi) is 6.84. The predicted octanol–water partition coefficient (Wildman–Crippen LogP) is 4.42. The van der Waals surface area contributed by atoms with Crippen LogP contribution < -0.4 is 5.56 Å². The first-order chi connectivity index (χ1) is 13.6. The van der Waals surface area contributed by atoms with Crippen molar-refractivity contribution in [3.8, 4) is 11.3 Å². The smallest absolute Gasteiger partial charge is 0.348 e. The van der Waals surface area contributed by atoms with Gasteiger partial charge < -0.3 is 9.72 Å². The van der Waals surface area contributed by atoms with Crippen molar-refractivity contribution in [2.75, 3.05) is 7.11 Å². The third kappa shape index (κ3) is 5.21. The summed E-state index contributed by atoms with van der Waals surface area (Å²) in [6.07, 6.45) is 3.16. The fraction of sp³-hybridized carbons (Fsp3) is 0.238. The Hall–Kier alpha value is -2.64. The Balaban J connectivity index is 1.55. The Bertz CT molecular complexity index is 1030. The quantitative estimate of drug-likeness (QED) is 0.257. The van der Waals surface area contributed by atoms with E-state index in [0.717, 1.165) is 34.6 Å². The Morgan fingerprint density at radius 1 is 1.14 bits per heavy atom. The molecule has 0 unspecified atom stereocenters. The lowest BCUT2D eigenvalue weighted by Gasteiger charge is -2.05. The van der Waals surface area contributed by atoms with Gasteiger partial charge in [-0.15, -0.1) is 11.3 Å². The van der Waals surface area contributed by atoms with E-state index in [2.05, 4.69) is 9.97 Å². The van der Waals surface area contributed by atoms with Gasteiger partial charge in [0, 0.05) is 27.8 Å². The molecule has 2 heterocycles. The summed E-state index contributed by atoms with van der Waals surface area (Å²) >= 11 is 6.83. The van der Waals surface area contributed by atoms with Gasteiger partial charge >= 0.3 is 5.97 Å². The molecule has 0 aliphatic heterocycles. The molecule has 1 aromatic carbocycles. The molecular weight excluding hydrogens is 392 g/mol. The minimum absolute atomic E-state index is 0.145. The number of unbranched alkanes of at least 4 members (excludes halogenated alkanes) is 1. The van der Waals surface area contributed by atoms with Gasteiger partial charge in [-0.25, -0.2) is 9.78 Å². The van der Waals surface area contributed by atoms with Crippen LogP contribution in [0.2, 0.25) is 0 Å². The molecule has 0 spiro atoms. The van der Waals surface area contributed by atoms with Crippen LogP contribution in [0, 0.1) is 0 Å². The van der Waals surface area contributed by atoms with E-state index in [-0.39, 0.29) is 11.5 Å². The average Bonchev–Trinajstić information content (AvgIpc) is 3.21. The summed E-state index contributed by atoms with van der Waals surface area (Å²) in [5.74, 6) is 0.341. The largest absolute Gasteiger partial charge is 0.465 e. The number of thiocarbonyl (C=S) groups is 1. The highest BCUT2D eigenvalue weighted by Gasteiger charge is 2.11. The number of hydrogen-bond donors (Lipinski definition) is 1. The van der Waals surface area contributed by atoms with E-state index in [0.29, 0.717) is 22.8 Å². The molecule has 3 rings (SSSR count). The van der Waals surface area contributed by atoms with Gasteiger partial charge in [0.1, 0.15) is 10.7 Å². The summed E-state index contributed by atoms with van der Waals surface area (Å²) in [6, 6.07) is 14.8. The van der Waals surface area contributed by atoms with E-state index in [9.17, 15) is 9.59 Å². The molecule has 28 heavy (non-hydrogen) atoms. The maximum atomic E-state index is 11.9. The van der Waals surface area contributed by atoms with E-state index in [1.54, 1.807) is 6.07 Å². The number of benzene rings is 1. The number of carbonyl (C=O) groups is 1. The Morgan fingerprint density at radius 3 is 2.64 bits per heavy atom. The third-order valence-electron chi connectivity index (χ3n) is 4.20.